The minimum atomic E-state index is -0.731. The zero-order valence-corrected chi connectivity index (χ0v) is 40.0. The summed E-state index contributed by atoms with van der Waals surface area (Å²) in [6.07, 6.45) is 4.42. The summed E-state index contributed by atoms with van der Waals surface area (Å²) >= 11 is 0. The summed E-state index contributed by atoms with van der Waals surface area (Å²) in [5.74, 6) is -1.87. The second-order valence-electron chi connectivity index (χ2n) is 17.2. The Balaban J connectivity index is 0.000000197. The molecule has 0 fully saturated rings. The Hall–Kier alpha value is -9.54. The van der Waals surface area contributed by atoms with Gasteiger partial charge in [0.1, 0.15) is 47.1 Å². The van der Waals surface area contributed by atoms with Gasteiger partial charge in [-0.1, -0.05) is 48.5 Å². The quantitative estimate of drug-likeness (QED) is 0.0446. The van der Waals surface area contributed by atoms with Crippen LogP contribution in [0.3, 0.4) is 0 Å². The van der Waals surface area contributed by atoms with Gasteiger partial charge in [0.15, 0.2) is 11.7 Å². The number of amidine groups is 1. The van der Waals surface area contributed by atoms with Crippen molar-refractivity contribution in [3.05, 3.63) is 193 Å². The first-order valence-electron chi connectivity index (χ1n) is 23.0. The number of rotatable bonds is 13. The monoisotopic (exact) mass is 1010 g/mol. The van der Waals surface area contributed by atoms with E-state index in [0.29, 0.717) is 41.8 Å². The third-order valence-electron chi connectivity index (χ3n) is 12.2. The number of nitrogens with two attached hydrogens (primary N) is 1. The molecule has 3 aromatic heterocycles. The third kappa shape index (κ3) is 12.3. The molecule has 0 saturated heterocycles. The number of methoxy groups -OCH3 is 1. The van der Waals surface area contributed by atoms with Crippen LogP contribution in [-0.2, 0) is 30.7 Å². The van der Waals surface area contributed by atoms with Crippen LogP contribution in [0.15, 0.2) is 107 Å². The van der Waals surface area contributed by atoms with Crippen LogP contribution in [0, 0.1) is 25.5 Å². The van der Waals surface area contributed by atoms with E-state index in [0.717, 1.165) is 51.7 Å². The molecule has 9 rings (SSSR count). The van der Waals surface area contributed by atoms with Gasteiger partial charge in [0.2, 0.25) is 0 Å². The van der Waals surface area contributed by atoms with Crippen molar-refractivity contribution in [3.8, 4) is 11.4 Å². The Morgan fingerprint density at radius 3 is 1.66 bits per heavy atom. The zero-order valence-electron chi connectivity index (χ0n) is 40.0. The lowest BCUT2D eigenvalue weighted by Crippen LogP contribution is -2.29. The maximum atomic E-state index is 13.5. The van der Waals surface area contributed by atoms with Gasteiger partial charge in [-0.15, -0.1) is 0 Å². The van der Waals surface area contributed by atoms with Gasteiger partial charge < -0.3 is 31.7 Å². The Bertz CT molecular complexity index is 3400. The predicted octanol–water partition coefficient (Wildman–Crippen LogP) is 4.60. The highest BCUT2D eigenvalue weighted by Gasteiger charge is 2.28. The Kier molecular flexibility index (Phi) is 15.6. The molecular weight excluding hydrogens is 959 g/mol. The van der Waals surface area contributed by atoms with Crippen molar-refractivity contribution >= 4 is 35.6 Å². The third-order valence-corrected chi connectivity index (χ3v) is 12.2. The SMILES string of the molecule is COC(=O)N/N=C(\N)c1ccc2c(c1)CCC2NC(=O)c1cc(C(=O)NCc2ccc(F)c(C)c2)ncn1.Cc1cc(CNC(=O)c2cc(C(=O)NC3CCc4cc(-c5n[nH]c(=O)[nH]5)ccc43)ncn2)ccc1F. The van der Waals surface area contributed by atoms with Gasteiger partial charge in [-0.2, -0.15) is 10.2 Å². The normalized spacial score (nSPS) is 14.4. The van der Waals surface area contributed by atoms with Gasteiger partial charge in [-0.3, -0.25) is 24.2 Å². The van der Waals surface area contributed by atoms with Gasteiger partial charge in [0, 0.05) is 36.3 Å². The van der Waals surface area contributed by atoms with E-state index in [1.807, 2.05) is 30.3 Å². The van der Waals surface area contributed by atoms with Crippen molar-refractivity contribution in [1.29, 1.82) is 0 Å². The van der Waals surface area contributed by atoms with Gasteiger partial charge in [0.05, 0.1) is 19.2 Å². The molecular formula is C51H48F2N14O7. The summed E-state index contributed by atoms with van der Waals surface area (Å²) in [6, 6.07) is 22.5. The number of aromatic nitrogens is 7. The molecule has 0 spiro atoms. The van der Waals surface area contributed by atoms with E-state index in [-0.39, 0.29) is 71.1 Å². The van der Waals surface area contributed by atoms with Crippen LogP contribution in [0.4, 0.5) is 13.6 Å². The number of hydrazone groups is 1. The predicted molar refractivity (Wildman–Crippen MR) is 263 cm³/mol. The van der Waals surface area contributed by atoms with E-state index < -0.39 is 29.7 Å². The number of nitrogens with one attached hydrogen (secondary N) is 7. The number of carbonyl (C=O) groups is 5. The smallest absolute Gasteiger partial charge is 0.427 e. The number of halogens is 2. The topological polar surface area (TPSA) is 306 Å². The number of H-pyrrole nitrogens is 2. The number of benzene rings is 4. The van der Waals surface area contributed by atoms with Crippen LogP contribution >= 0.6 is 0 Å². The number of nitrogens with zero attached hydrogens (tertiary/aromatic N) is 6. The van der Waals surface area contributed by atoms with Crippen LogP contribution < -0.4 is 38.1 Å². The van der Waals surface area contributed by atoms with Crippen molar-refractivity contribution in [2.24, 2.45) is 10.8 Å². The molecule has 2 aliphatic carbocycles. The molecule has 21 nitrogen and oxygen atoms in total. The molecule has 5 amide bonds. The lowest BCUT2D eigenvalue weighted by molar-refractivity contribution is 0.0919. The first-order chi connectivity index (χ1) is 35.6. The second-order valence-corrected chi connectivity index (χ2v) is 17.2. The van der Waals surface area contributed by atoms with Gasteiger partial charge >= 0.3 is 11.8 Å². The number of amides is 5. The number of aryl methyl sites for hydroxylation is 4. The summed E-state index contributed by atoms with van der Waals surface area (Å²) in [5, 5.41) is 21.5. The van der Waals surface area contributed by atoms with Crippen molar-refractivity contribution < 1.29 is 37.5 Å². The Morgan fingerprint density at radius 2 is 1.18 bits per heavy atom. The van der Waals surface area contributed by atoms with E-state index in [1.54, 1.807) is 44.2 Å². The van der Waals surface area contributed by atoms with E-state index in [4.69, 9.17) is 5.73 Å². The largest absolute Gasteiger partial charge is 0.452 e. The van der Waals surface area contributed by atoms with Gasteiger partial charge in [-0.25, -0.2) is 48.8 Å². The van der Waals surface area contributed by atoms with Crippen molar-refractivity contribution in [1.82, 2.24) is 61.8 Å². The number of hydrogen-bond acceptors (Lipinski definition) is 13. The molecule has 74 heavy (non-hydrogen) atoms. The molecule has 2 aliphatic rings. The number of fused-ring (bicyclic) bond motifs is 2. The van der Waals surface area contributed by atoms with Crippen molar-refractivity contribution in [3.63, 3.8) is 0 Å². The van der Waals surface area contributed by atoms with E-state index in [9.17, 15) is 37.5 Å². The highest BCUT2D eigenvalue weighted by atomic mass is 19.1. The molecule has 378 valence electrons. The molecule has 2 unspecified atom stereocenters. The average Bonchev–Trinajstić information content (AvgIpc) is 4.16. The zero-order chi connectivity index (χ0) is 52.5. The molecule has 9 N–H and O–H groups in total. The standard InChI is InChI=1S/C26H26FN7O4.C25H22FN7O3/c1-14-9-15(3-7-19(14)27)12-29-24(35)21-11-22(31-13-30-21)25(36)32-20-8-5-16-10-17(4-6-18(16)20)23(28)33-34-26(37)38-2;1-13-8-14(2-6-18(13)26)11-27-23(34)20-10-21(29-12-28-20)24(35)30-19-7-4-15-9-16(3-5-17(15)19)22-31-25(36)33-32-22/h3-4,6-7,9-11,13,20H,5,8,12H2,1-2H3,(H2,28,33)(H,29,35)(H,32,36)(H,34,37);2-3,5-6,8-10,12,19H,4,7,11H2,1H3,(H,27,34)(H,30,35)(H2,31,32,33,36). The van der Waals surface area contributed by atoms with Crippen LogP contribution in [0.5, 0.6) is 0 Å². The minimum absolute atomic E-state index is 0.0378. The first kappa shape index (κ1) is 50.8. The van der Waals surface area contributed by atoms with Crippen LogP contribution in [0.25, 0.3) is 11.4 Å². The molecule has 4 aromatic carbocycles. The molecule has 0 saturated carbocycles. The highest BCUT2D eigenvalue weighted by Crippen LogP contribution is 2.34. The fraction of sp³-hybridized carbons (Fsp3) is 0.216. The summed E-state index contributed by atoms with van der Waals surface area (Å²) in [6.45, 7) is 3.67. The number of carbonyl (C=O) groups excluding carboxylic acids is 5. The average molecular weight is 1010 g/mol. The summed E-state index contributed by atoms with van der Waals surface area (Å²) in [4.78, 5) is 92.1. The second kappa shape index (κ2) is 22.7. The molecule has 23 heteroatoms. The van der Waals surface area contributed by atoms with Crippen molar-refractivity contribution in [2.75, 3.05) is 7.11 Å². The maximum Gasteiger partial charge on any atom is 0.427 e. The molecule has 7 aromatic rings. The summed E-state index contributed by atoms with van der Waals surface area (Å²) in [7, 11) is 1.22. The Labute approximate surface area is 420 Å². The van der Waals surface area contributed by atoms with Crippen LogP contribution in [0.1, 0.15) is 117 Å². The van der Waals surface area contributed by atoms with E-state index in [2.05, 4.69) is 71.6 Å². The summed E-state index contributed by atoms with van der Waals surface area (Å²) in [5.41, 5.74) is 15.8. The number of aromatic amines is 2. The summed E-state index contributed by atoms with van der Waals surface area (Å²) < 4.78 is 31.4. The molecule has 3 heterocycles. The number of hydrogen-bond donors (Lipinski definition) is 8. The van der Waals surface area contributed by atoms with Gasteiger partial charge in [-0.05, 0) is 108 Å². The van der Waals surface area contributed by atoms with Crippen LogP contribution in [-0.4, -0.2) is 77.8 Å². The van der Waals surface area contributed by atoms with E-state index >= 15 is 0 Å². The highest BCUT2D eigenvalue weighted by molar-refractivity contribution is 5.99. The molecule has 0 aliphatic heterocycles. The lowest BCUT2D eigenvalue weighted by atomic mass is 10.0. The maximum absolute atomic E-state index is 13.5. The molecule has 0 bridgehead atoms. The van der Waals surface area contributed by atoms with Crippen molar-refractivity contribution in [2.45, 2.75) is 64.7 Å². The van der Waals surface area contributed by atoms with Gasteiger partial charge in [0.25, 0.3) is 23.6 Å². The first-order valence-corrected chi connectivity index (χ1v) is 23.0. The fourth-order valence-corrected chi connectivity index (χ4v) is 8.32. The molecule has 0 radical (unpaired) electrons. The Morgan fingerprint density at radius 1 is 0.676 bits per heavy atom. The van der Waals surface area contributed by atoms with E-state index in [1.165, 1.54) is 37.7 Å². The fourth-order valence-electron chi connectivity index (χ4n) is 8.32. The molecule has 2 atom stereocenters. The van der Waals surface area contributed by atoms with Crippen LogP contribution in [0.2, 0.25) is 0 Å². The minimum Gasteiger partial charge on any atom is -0.452 e. The lowest BCUT2D eigenvalue weighted by Gasteiger charge is -2.14. The number of ether oxygens (including phenoxy) is 1.